The van der Waals surface area contributed by atoms with Crippen molar-refractivity contribution in [1.82, 2.24) is 20.4 Å². The van der Waals surface area contributed by atoms with Gasteiger partial charge in [-0.3, -0.25) is 20.4 Å². The van der Waals surface area contributed by atoms with Gasteiger partial charge in [-0.05, 0) is 40.6 Å². The Morgan fingerprint density at radius 2 is 1.90 bits per heavy atom. The van der Waals surface area contributed by atoms with Gasteiger partial charge in [0.2, 0.25) is 11.7 Å². The second kappa shape index (κ2) is 11.5. The minimum atomic E-state index is -0.591. The second-order valence-corrected chi connectivity index (χ2v) is 6.78. The van der Waals surface area contributed by atoms with Crippen molar-refractivity contribution in [3.8, 4) is 5.75 Å². The monoisotopic (exact) mass is 417 g/mol. The van der Waals surface area contributed by atoms with E-state index in [1.807, 2.05) is 0 Å². The van der Waals surface area contributed by atoms with Crippen molar-refractivity contribution in [2.75, 3.05) is 6.61 Å². The van der Waals surface area contributed by atoms with E-state index in [1.54, 1.807) is 31.2 Å². The first-order chi connectivity index (χ1) is 14.4. The van der Waals surface area contributed by atoms with E-state index < -0.39 is 16.7 Å². The van der Waals surface area contributed by atoms with Crippen molar-refractivity contribution in [2.24, 2.45) is 0 Å². The number of imidazole rings is 1. The van der Waals surface area contributed by atoms with Crippen LogP contribution in [0.4, 0.5) is 5.82 Å². The number of hydrogen-bond acceptors (Lipinski definition) is 6. The Morgan fingerprint density at radius 3 is 2.53 bits per heavy atom. The Morgan fingerprint density at radius 1 is 1.17 bits per heavy atom. The molecule has 0 aliphatic heterocycles. The van der Waals surface area contributed by atoms with Crippen LogP contribution in [0, 0.1) is 17.0 Å². The number of unbranched alkanes of at least 4 members (excludes halogenated alkanes) is 3. The molecule has 0 fully saturated rings. The van der Waals surface area contributed by atoms with Crippen LogP contribution in [0.25, 0.3) is 0 Å². The van der Waals surface area contributed by atoms with Crippen LogP contribution in [0.2, 0.25) is 0 Å². The molecule has 0 bridgehead atoms. The molecule has 10 heteroatoms. The molecule has 0 radical (unpaired) electrons. The van der Waals surface area contributed by atoms with Gasteiger partial charge in [0.1, 0.15) is 11.9 Å². The number of ether oxygens (including phenoxy) is 1. The highest BCUT2D eigenvalue weighted by molar-refractivity contribution is 5.95. The van der Waals surface area contributed by atoms with Crippen LogP contribution in [-0.2, 0) is 11.3 Å². The molecular weight excluding hydrogens is 390 g/mol. The lowest BCUT2D eigenvalue weighted by Gasteiger charge is -2.09. The highest BCUT2D eigenvalue weighted by Crippen LogP contribution is 2.13. The Bertz CT molecular complexity index is 863. The Balaban J connectivity index is 1.73. The number of amides is 2. The number of nitro groups is 1. The first kappa shape index (κ1) is 22.9. The van der Waals surface area contributed by atoms with Gasteiger partial charge in [0.15, 0.2) is 0 Å². The van der Waals surface area contributed by atoms with Gasteiger partial charge in [0, 0.05) is 25.5 Å². The number of carbonyl (C=O) groups is 2. The third-order valence-corrected chi connectivity index (χ3v) is 4.43. The van der Waals surface area contributed by atoms with E-state index >= 15 is 0 Å². The molecule has 2 rings (SSSR count). The largest absolute Gasteiger partial charge is 0.494 e. The molecule has 0 aliphatic rings. The maximum atomic E-state index is 12.1. The van der Waals surface area contributed by atoms with E-state index in [-0.39, 0.29) is 18.8 Å². The smallest absolute Gasteiger partial charge is 0.381 e. The summed E-state index contributed by atoms with van der Waals surface area (Å²) in [5.74, 6) is -0.0175. The summed E-state index contributed by atoms with van der Waals surface area (Å²) in [6.07, 6.45) is 5.79. The summed E-state index contributed by atoms with van der Waals surface area (Å²) >= 11 is 0. The second-order valence-electron chi connectivity index (χ2n) is 6.78. The first-order valence-electron chi connectivity index (χ1n) is 9.91. The summed E-state index contributed by atoms with van der Waals surface area (Å²) in [6, 6.07) is 6.67. The highest BCUT2D eigenvalue weighted by Gasteiger charge is 2.16. The topological polar surface area (TPSA) is 128 Å². The normalized spacial score (nSPS) is 10.5. The third-order valence-electron chi connectivity index (χ3n) is 4.43. The SMILES string of the molecule is CCCCCCOc1ccc(C(=O)NNC(=O)CCn2cc([N+](=O)[O-])nc2C)cc1. The van der Waals surface area contributed by atoms with E-state index in [0.717, 1.165) is 12.8 Å². The molecule has 0 saturated heterocycles. The summed E-state index contributed by atoms with van der Waals surface area (Å²) in [5.41, 5.74) is 5.06. The first-order valence-corrected chi connectivity index (χ1v) is 9.91. The fourth-order valence-corrected chi connectivity index (χ4v) is 2.71. The van der Waals surface area contributed by atoms with Crippen LogP contribution in [0.5, 0.6) is 5.75 Å². The molecule has 1 aromatic heterocycles. The number of nitrogens with one attached hydrogen (secondary N) is 2. The molecule has 0 spiro atoms. The zero-order chi connectivity index (χ0) is 21.9. The van der Waals surface area contributed by atoms with Crippen molar-refractivity contribution in [2.45, 2.75) is 52.5 Å². The number of rotatable bonds is 11. The van der Waals surface area contributed by atoms with Crippen molar-refractivity contribution >= 4 is 17.6 Å². The lowest BCUT2D eigenvalue weighted by atomic mass is 10.2. The number of carbonyl (C=O) groups excluding carboxylic acids is 2. The number of aromatic nitrogens is 2. The highest BCUT2D eigenvalue weighted by atomic mass is 16.6. The lowest BCUT2D eigenvalue weighted by molar-refractivity contribution is -0.389. The van der Waals surface area contributed by atoms with Crippen LogP contribution in [-0.4, -0.2) is 32.9 Å². The van der Waals surface area contributed by atoms with Crippen LogP contribution in [0.3, 0.4) is 0 Å². The van der Waals surface area contributed by atoms with Crippen LogP contribution in [0.1, 0.15) is 55.2 Å². The van der Waals surface area contributed by atoms with E-state index in [2.05, 4.69) is 22.8 Å². The molecule has 162 valence electrons. The summed E-state index contributed by atoms with van der Waals surface area (Å²) in [4.78, 5) is 38.0. The molecule has 30 heavy (non-hydrogen) atoms. The summed E-state index contributed by atoms with van der Waals surface area (Å²) < 4.78 is 7.15. The van der Waals surface area contributed by atoms with Gasteiger partial charge in [-0.1, -0.05) is 26.2 Å². The van der Waals surface area contributed by atoms with Crippen molar-refractivity contribution in [3.63, 3.8) is 0 Å². The lowest BCUT2D eigenvalue weighted by Crippen LogP contribution is -2.41. The Labute approximate surface area is 174 Å². The summed E-state index contributed by atoms with van der Waals surface area (Å²) in [5, 5.41) is 10.7. The van der Waals surface area contributed by atoms with Gasteiger partial charge in [0.05, 0.1) is 6.61 Å². The zero-order valence-corrected chi connectivity index (χ0v) is 17.2. The maximum absolute atomic E-state index is 12.1. The predicted molar refractivity (Wildman–Crippen MR) is 110 cm³/mol. The van der Waals surface area contributed by atoms with Gasteiger partial charge in [0.25, 0.3) is 5.91 Å². The number of hydrogen-bond donors (Lipinski definition) is 2. The fourth-order valence-electron chi connectivity index (χ4n) is 2.71. The maximum Gasteiger partial charge on any atom is 0.381 e. The number of hydrazine groups is 1. The van der Waals surface area contributed by atoms with Gasteiger partial charge < -0.3 is 19.4 Å². The van der Waals surface area contributed by atoms with Gasteiger partial charge >= 0.3 is 5.82 Å². The fraction of sp³-hybridized carbons (Fsp3) is 0.450. The minimum Gasteiger partial charge on any atom is -0.494 e. The molecule has 0 aliphatic carbocycles. The average Bonchev–Trinajstić information content (AvgIpc) is 3.11. The van der Waals surface area contributed by atoms with Crippen molar-refractivity contribution in [3.05, 3.63) is 52.0 Å². The van der Waals surface area contributed by atoms with Crippen LogP contribution in [0.15, 0.2) is 30.5 Å². The molecule has 10 nitrogen and oxygen atoms in total. The van der Waals surface area contributed by atoms with Gasteiger partial charge in [-0.15, -0.1) is 0 Å². The molecule has 2 aromatic rings. The van der Waals surface area contributed by atoms with Crippen molar-refractivity contribution in [1.29, 1.82) is 0 Å². The van der Waals surface area contributed by atoms with Crippen LogP contribution < -0.4 is 15.6 Å². The van der Waals surface area contributed by atoms with Gasteiger partial charge in [-0.2, -0.15) is 0 Å². The molecule has 0 unspecified atom stereocenters. The minimum absolute atomic E-state index is 0.0272. The molecule has 2 N–H and O–H groups in total. The Kier molecular flexibility index (Phi) is 8.79. The van der Waals surface area contributed by atoms with E-state index in [9.17, 15) is 19.7 Å². The molecular formula is C20H27N5O5. The summed E-state index contributed by atoms with van der Waals surface area (Å²) in [7, 11) is 0. The Hall–Kier alpha value is -3.43. The standard InChI is InChI=1S/C20H27N5O5/c1-3-4-5-6-13-30-17-9-7-16(8-10-17)20(27)23-22-19(26)11-12-24-14-18(25(28)29)21-15(24)2/h7-10,14H,3-6,11-13H2,1-2H3,(H,22,26)(H,23,27). The van der Waals surface area contributed by atoms with Crippen molar-refractivity contribution < 1.29 is 19.2 Å². The quantitative estimate of drug-likeness (QED) is 0.329. The zero-order valence-electron chi connectivity index (χ0n) is 17.2. The number of nitrogens with zero attached hydrogens (tertiary/aromatic N) is 3. The predicted octanol–water partition coefficient (Wildman–Crippen LogP) is 2.91. The van der Waals surface area contributed by atoms with E-state index in [4.69, 9.17) is 4.74 Å². The molecule has 2 amide bonds. The molecule has 1 aromatic carbocycles. The number of aryl methyl sites for hydroxylation is 2. The van der Waals surface area contributed by atoms with Crippen LogP contribution >= 0.6 is 0 Å². The van der Waals surface area contributed by atoms with Gasteiger partial charge in [-0.25, -0.2) is 0 Å². The number of benzene rings is 1. The van der Waals surface area contributed by atoms with E-state index in [0.29, 0.717) is 23.7 Å². The molecule has 0 atom stereocenters. The average molecular weight is 417 g/mol. The molecule has 0 saturated carbocycles. The van der Waals surface area contributed by atoms with E-state index in [1.165, 1.54) is 23.6 Å². The molecule has 1 heterocycles. The summed E-state index contributed by atoms with van der Waals surface area (Å²) in [6.45, 7) is 4.62. The third kappa shape index (κ3) is 7.19.